The van der Waals surface area contributed by atoms with Crippen LogP contribution < -0.4 is 15.7 Å². The topological polar surface area (TPSA) is 116 Å². The van der Waals surface area contributed by atoms with Crippen molar-refractivity contribution < 1.29 is 14.5 Å². The molecule has 160 valence electrons. The van der Waals surface area contributed by atoms with Gasteiger partial charge in [-0.25, -0.2) is 4.98 Å². The molecule has 9 nitrogen and oxygen atoms in total. The summed E-state index contributed by atoms with van der Waals surface area (Å²) in [5, 5.41) is 11.4. The predicted molar refractivity (Wildman–Crippen MR) is 120 cm³/mol. The Hall–Kier alpha value is -4.24. The molecule has 0 spiro atoms. The molecule has 0 fully saturated rings. The number of amides is 1. The monoisotopic (exact) mass is 450 g/mol. The number of nitrogens with zero attached hydrogens (tertiary/aromatic N) is 3. The highest BCUT2D eigenvalue weighted by molar-refractivity contribution is 6.32. The lowest BCUT2D eigenvalue weighted by atomic mass is 10.1. The van der Waals surface area contributed by atoms with E-state index in [2.05, 4.69) is 10.4 Å². The lowest BCUT2D eigenvalue weighted by Gasteiger charge is -2.15. The van der Waals surface area contributed by atoms with E-state index in [1.54, 1.807) is 48.5 Å². The molecule has 0 radical (unpaired) electrons. The number of hydrogen-bond donors (Lipinski definition) is 1. The van der Waals surface area contributed by atoms with Gasteiger partial charge in [0.15, 0.2) is 5.82 Å². The average molecular weight is 451 g/mol. The summed E-state index contributed by atoms with van der Waals surface area (Å²) in [7, 11) is 1.53. The summed E-state index contributed by atoms with van der Waals surface area (Å²) in [4.78, 5) is 41.1. The van der Waals surface area contributed by atoms with Crippen LogP contribution in [0.5, 0.6) is 5.75 Å². The van der Waals surface area contributed by atoms with Crippen molar-refractivity contribution in [1.82, 2.24) is 9.66 Å². The number of methoxy groups -OCH3 is 1. The van der Waals surface area contributed by atoms with E-state index in [0.29, 0.717) is 22.2 Å². The lowest BCUT2D eigenvalue weighted by molar-refractivity contribution is -0.384. The molecule has 0 saturated heterocycles. The molecule has 1 amide bonds. The van der Waals surface area contributed by atoms with E-state index in [-0.39, 0.29) is 16.4 Å². The van der Waals surface area contributed by atoms with Gasteiger partial charge in [0, 0.05) is 17.2 Å². The molecular weight excluding hydrogens is 436 g/mol. The number of fused-ring (bicyclic) bond motifs is 1. The third kappa shape index (κ3) is 3.88. The van der Waals surface area contributed by atoms with Crippen LogP contribution in [-0.4, -0.2) is 27.6 Å². The fourth-order valence-electron chi connectivity index (χ4n) is 3.13. The second-order valence-electron chi connectivity index (χ2n) is 6.69. The second kappa shape index (κ2) is 8.48. The van der Waals surface area contributed by atoms with Gasteiger partial charge in [0.05, 0.1) is 22.9 Å². The van der Waals surface area contributed by atoms with Crippen LogP contribution in [0.25, 0.3) is 22.3 Å². The second-order valence-corrected chi connectivity index (χ2v) is 7.09. The van der Waals surface area contributed by atoms with E-state index >= 15 is 0 Å². The Labute approximate surface area is 186 Å². The molecule has 1 N–H and O–H groups in total. The first-order chi connectivity index (χ1) is 15.4. The highest BCUT2D eigenvalue weighted by Crippen LogP contribution is 2.26. The lowest BCUT2D eigenvalue weighted by Crippen LogP contribution is -2.35. The third-order valence-corrected chi connectivity index (χ3v) is 5.06. The molecule has 0 aliphatic rings. The molecule has 0 atom stereocenters. The van der Waals surface area contributed by atoms with Gasteiger partial charge >= 0.3 is 0 Å². The molecule has 0 bridgehead atoms. The Morgan fingerprint density at radius 1 is 1.12 bits per heavy atom. The van der Waals surface area contributed by atoms with Crippen molar-refractivity contribution in [3.63, 3.8) is 0 Å². The van der Waals surface area contributed by atoms with Crippen molar-refractivity contribution in [2.24, 2.45) is 0 Å². The van der Waals surface area contributed by atoms with Gasteiger partial charge in [-0.15, -0.1) is 0 Å². The van der Waals surface area contributed by atoms with Crippen molar-refractivity contribution in [2.75, 3.05) is 12.5 Å². The van der Waals surface area contributed by atoms with E-state index in [1.165, 1.54) is 19.2 Å². The minimum absolute atomic E-state index is 0.0400. The Balaban J connectivity index is 1.84. The molecule has 4 rings (SSSR count). The first-order valence-electron chi connectivity index (χ1n) is 9.30. The van der Waals surface area contributed by atoms with Gasteiger partial charge in [-0.2, -0.15) is 4.68 Å². The Morgan fingerprint density at radius 2 is 1.84 bits per heavy atom. The highest BCUT2D eigenvalue weighted by atomic mass is 35.5. The van der Waals surface area contributed by atoms with Crippen molar-refractivity contribution in [2.45, 2.75) is 0 Å². The molecule has 0 aliphatic heterocycles. The molecule has 0 saturated carbocycles. The standard InChI is InChI=1S/C22H15ClN4O5/c1-32-15-9-6-13(7-10-15)20-24-18-5-3-2-4-16(18)22(29)26(20)25-21(28)14-8-11-17(23)19(12-14)27(30)31/h2-12H,1H3,(H,25,28). The zero-order valence-electron chi connectivity index (χ0n) is 16.6. The van der Waals surface area contributed by atoms with E-state index < -0.39 is 22.1 Å². The summed E-state index contributed by atoms with van der Waals surface area (Å²) in [6.45, 7) is 0. The highest BCUT2D eigenvalue weighted by Gasteiger charge is 2.19. The summed E-state index contributed by atoms with van der Waals surface area (Å²) >= 11 is 5.83. The summed E-state index contributed by atoms with van der Waals surface area (Å²) in [5.41, 5.74) is 2.55. The van der Waals surface area contributed by atoms with Crippen molar-refractivity contribution in [3.05, 3.63) is 97.8 Å². The van der Waals surface area contributed by atoms with E-state index in [9.17, 15) is 19.7 Å². The maximum Gasteiger partial charge on any atom is 0.288 e. The number of ether oxygens (including phenoxy) is 1. The molecule has 3 aromatic carbocycles. The predicted octanol–water partition coefficient (Wildman–Crippen LogP) is 4.02. The summed E-state index contributed by atoms with van der Waals surface area (Å²) < 4.78 is 6.19. The van der Waals surface area contributed by atoms with Crippen molar-refractivity contribution in [1.29, 1.82) is 0 Å². The SMILES string of the molecule is COc1ccc(-c2nc3ccccc3c(=O)n2NC(=O)c2ccc(Cl)c([N+](=O)[O-])c2)cc1. The van der Waals surface area contributed by atoms with E-state index in [0.717, 1.165) is 10.7 Å². The Bertz CT molecular complexity index is 1420. The van der Waals surface area contributed by atoms with Crippen LogP contribution in [0.1, 0.15) is 10.4 Å². The van der Waals surface area contributed by atoms with Crippen LogP contribution in [0.15, 0.2) is 71.5 Å². The largest absolute Gasteiger partial charge is 0.497 e. The molecule has 0 unspecified atom stereocenters. The van der Waals surface area contributed by atoms with Gasteiger partial charge in [0.1, 0.15) is 10.8 Å². The molecule has 1 aromatic heterocycles. The molecule has 4 aromatic rings. The van der Waals surface area contributed by atoms with Gasteiger partial charge in [0.2, 0.25) is 0 Å². The maximum absolute atomic E-state index is 13.2. The number of halogens is 1. The maximum atomic E-state index is 13.2. The van der Waals surface area contributed by atoms with Crippen molar-refractivity contribution in [3.8, 4) is 17.1 Å². The first-order valence-corrected chi connectivity index (χ1v) is 9.68. The number of nitrogens with one attached hydrogen (secondary N) is 1. The van der Waals surface area contributed by atoms with Crippen LogP contribution in [0.2, 0.25) is 5.02 Å². The normalized spacial score (nSPS) is 10.7. The van der Waals surface area contributed by atoms with Crippen molar-refractivity contribution >= 4 is 34.1 Å². The molecule has 32 heavy (non-hydrogen) atoms. The zero-order chi connectivity index (χ0) is 22.8. The van der Waals surface area contributed by atoms with Crippen LogP contribution in [0.4, 0.5) is 5.69 Å². The van der Waals surface area contributed by atoms with Crippen LogP contribution in [0.3, 0.4) is 0 Å². The number of benzene rings is 3. The number of nitro benzene ring substituents is 1. The smallest absolute Gasteiger partial charge is 0.288 e. The molecule has 1 heterocycles. The fourth-order valence-corrected chi connectivity index (χ4v) is 3.32. The average Bonchev–Trinajstić information content (AvgIpc) is 2.81. The number of rotatable bonds is 5. The minimum atomic E-state index is -0.737. The van der Waals surface area contributed by atoms with E-state index in [1.807, 2.05) is 0 Å². The van der Waals surface area contributed by atoms with Gasteiger partial charge in [-0.05, 0) is 48.5 Å². The minimum Gasteiger partial charge on any atom is -0.497 e. The van der Waals surface area contributed by atoms with Crippen LogP contribution >= 0.6 is 11.6 Å². The van der Waals surface area contributed by atoms with Gasteiger partial charge in [-0.1, -0.05) is 23.7 Å². The molecule has 0 aliphatic carbocycles. The van der Waals surface area contributed by atoms with Gasteiger partial charge < -0.3 is 4.74 Å². The first kappa shape index (κ1) is 21.0. The number of nitro groups is 1. The summed E-state index contributed by atoms with van der Waals surface area (Å²) in [6.07, 6.45) is 0. The Morgan fingerprint density at radius 3 is 2.53 bits per heavy atom. The quantitative estimate of drug-likeness (QED) is 0.362. The number of para-hydroxylation sites is 1. The summed E-state index contributed by atoms with van der Waals surface area (Å²) in [6, 6.07) is 17.2. The number of hydrogen-bond acceptors (Lipinski definition) is 6. The van der Waals surface area contributed by atoms with Gasteiger partial charge in [-0.3, -0.25) is 25.1 Å². The van der Waals surface area contributed by atoms with E-state index in [4.69, 9.17) is 16.3 Å². The third-order valence-electron chi connectivity index (χ3n) is 4.74. The number of aromatic nitrogens is 2. The summed E-state index contributed by atoms with van der Waals surface area (Å²) in [5.74, 6) is 0.0628. The molecule has 10 heteroatoms. The van der Waals surface area contributed by atoms with Crippen LogP contribution in [-0.2, 0) is 0 Å². The zero-order valence-corrected chi connectivity index (χ0v) is 17.4. The van der Waals surface area contributed by atoms with Gasteiger partial charge in [0.25, 0.3) is 17.2 Å². The Kier molecular flexibility index (Phi) is 5.57. The fraction of sp³-hybridized carbons (Fsp3) is 0.0455. The number of carbonyl (C=O) groups is 1. The number of carbonyl (C=O) groups excluding carboxylic acids is 1. The molecular formula is C22H15ClN4O5. The van der Waals surface area contributed by atoms with Crippen LogP contribution in [0, 0.1) is 10.1 Å².